The summed E-state index contributed by atoms with van der Waals surface area (Å²) in [5, 5.41) is 23.6. The number of carboxylic acid groups (broad SMARTS) is 2. The zero-order valence-electron chi connectivity index (χ0n) is 39.4. The first-order chi connectivity index (χ1) is 32.0. The third kappa shape index (κ3) is 9.82. The Balaban J connectivity index is 1.01. The number of amides is 4. The van der Waals surface area contributed by atoms with Crippen molar-refractivity contribution in [1.29, 1.82) is 0 Å². The smallest absolute Gasteiger partial charge is 0.405 e. The lowest BCUT2D eigenvalue weighted by Crippen LogP contribution is -2.50. The highest BCUT2D eigenvalue weighted by Gasteiger charge is 2.39. The Morgan fingerprint density at radius 3 is 1.54 bits per heavy atom. The molecule has 4 amide bonds. The number of aromatic amines is 2. The Morgan fingerprint density at radius 1 is 0.657 bits per heavy atom. The number of nitrogens with zero attached hydrogens (tertiary/aromatic N) is 5. The minimum absolute atomic E-state index is 0.00867. The van der Waals surface area contributed by atoms with Gasteiger partial charge in [-0.25, -0.2) is 19.6 Å². The van der Waals surface area contributed by atoms with E-state index in [4.69, 9.17) is 9.97 Å². The summed E-state index contributed by atoms with van der Waals surface area (Å²) in [7, 11) is 0. The third-order valence-corrected chi connectivity index (χ3v) is 13.6. The van der Waals surface area contributed by atoms with Crippen molar-refractivity contribution < 1.29 is 29.4 Å². The van der Waals surface area contributed by atoms with Gasteiger partial charge in [0, 0.05) is 54.4 Å². The molecule has 8 rings (SSSR count). The van der Waals surface area contributed by atoms with E-state index in [-0.39, 0.29) is 53.1 Å². The van der Waals surface area contributed by atoms with E-state index in [0.29, 0.717) is 24.7 Å². The molecule has 2 fully saturated rings. The Morgan fingerprint density at radius 2 is 1.10 bits per heavy atom. The van der Waals surface area contributed by atoms with Gasteiger partial charge in [0.1, 0.15) is 23.7 Å². The Bertz CT molecular complexity index is 2440. The maximum Gasteiger partial charge on any atom is 0.405 e. The van der Waals surface area contributed by atoms with Crippen LogP contribution in [0.2, 0.25) is 0 Å². The fourth-order valence-electron chi connectivity index (χ4n) is 9.92. The summed E-state index contributed by atoms with van der Waals surface area (Å²) in [6.07, 6.45) is 8.83. The molecule has 2 unspecified atom stereocenters. The summed E-state index contributed by atoms with van der Waals surface area (Å²) >= 11 is 0. The van der Waals surface area contributed by atoms with Gasteiger partial charge in [0.2, 0.25) is 11.8 Å². The second-order valence-electron chi connectivity index (χ2n) is 19.8. The molecule has 0 bridgehead atoms. The van der Waals surface area contributed by atoms with Crippen LogP contribution in [-0.4, -0.2) is 89.1 Å². The second kappa shape index (κ2) is 19.1. The van der Waals surface area contributed by atoms with Crippen LogP contribution in [0.15, 0.2) is 97.5 Å². The average Bonchev–Trinajstić information content (AvgIpc) is 4.16. The van der Waals surface area contributed by atoms with Crippen molar-refractivity contribution in [3.05, 3.63) is 126 Å². The van der Waals surface area contributed by atoms with Crippen LogP contribution in [-0.2, 0) is 15.0 Å². The molecule has 2 aromatic heterocycles. The van der Waals surface area contributed by atoms with Crippen LogP contribution in [0.25, 0.3) is 22.5 Å². The van der Waals surface area contributed by atoms with Crippen LogP contribution in [0.4, 0.5) is 15.3 Å². The molecule has 3 aliphatic rings. The lowest BCUT2D eigenvalue weighted by atomic mass is 9.83. The number of likely N-dealkylation sites (tertiary alicyclic amines) is 2. The van der Waals surface area contributed by atoms with Gasteiger partial charge in [-0.3, -0.25) is 9.59 Å². The topological polar surface area (TPSA) is 200 Å². The summed E-state index contributed by atoms with van der Waals surface area (Å²) in [6, 6.07) is 23.6. The number of aromatic nitrogens is 4. The van der Waals surface area contributed by atoms with Crippen molar-refractivity contribution >= 4 is 29.7 Å². The molecule has 6 atom stereocenters. The van der Waals surface area contributed by atoms with Crippen molar-refractivity contribution in [3.63, 3.8) is 0 Å². The van der Waals surface area contributed by atoms with Crippen molar-refractivity contribution in [2.45, 2.75) is 116 Å². The molecule has 5 heterocycles. The van der Waals surface area contributed by atoms with Gasteiger partial charge >= 0.3 is 12.2 Å². The molecule has 3 aromatic carbocycles. The number of imidazole rings is 2. The van der Waals surface area contributed by atoms with Crippen LogP contribution >= 0.6 is 0 Å². The van der Waals surface area contributed by atoms with E-state index in [1.807, 2.05) is 40.1 Å². The van der Waals surface area contributed by atoms with Gasteiger partial charge in [-0.2, -0.15) is 0 Å². The van der Waals surface area contributed by atoms with Crippen molar-refractivity contribution in [3.8, 4) is 22.5 Å². The number of H-pyrrole nitrogens is 2. The molecule has 67 heavy (non-hydrogen) atoms. The molecular weight excluding hydrogens is 847 g/mol. The number of rotatable bonds is 13. The van der Waals surface area contributed by atoms with E-state index in [1.165, 1.54) is 11.1 Å². The minimum atomic E-state index is -1.22. The molecule has 3 aliphatic heterocycles. The highest BCUT2D eigenvalue weighted by atomic mass is 16.4. The zero-order chi connectivity index (χ0) is 47.7. The first-order valence-corrected chi connectivity index (χ1v) is 23.5. The van der Waals surface area contributed by atoms with Gasteiger partial charge in [0.05, 0.1) is 29.5 Å². The predicted molar refractivity (Wildman–Crippen MR) is 257 cm³/mol. The van der Waals surface area contributed by atoms with E-state index in [9.17, 15) is 29.4 Å². The minimum Gasteiger partial charge on any atom is -0.465 e. The molecule has 0 aliphatic carbocycles. The molecule has 15 nitrogen and oxygen atoms in total. The van der Waals surface area contributed by atoms with Crippen LogP contribution in [0.5, 0.6) is 0 Å². The van der Waals surface area contributed by atoms with Gasteiger partial charge in [-0.15, -0.1) is 0 Å². The number of nitrogens with one attached hydrogen (secondary N) is 4. The van der Waals surface area contributed by atoms with Gasteiger partial charge < -0.3 is 45.5 Å². The van der Waals surface area contributed by atoms with E-state index < -0.39 is 24.3 Å². The number of carbonyl (C=O) groups is 4. The second-order valence-corrected chi connectivity index (χ2v) is 19.8. The Kier molecular flexibility index (Phi) is 13.3. The molecule has 15 heteroatoms. The summed E-state index contributed by atoms with van der Waals surface area (Å²) in [5.74, 6) is 0.537. The predicted octanol–water partition coefficient (Wildman–Crippen LogP) is 9.53. The average molecular weight is 910 g/mol. The highest BCUT2D eigenvalue weighted by Crippen LogP contribution is 2.45. The van der Waals surface area contributed by atoms with Gasteiger partial charge in [0.25, 0.3) is 0 Å². The molecule has 352 valence electrons. The van der Waals surface area contributed by atoms with Gasteiger partial charge in [-0.1, -0.05) is 115 Å². The third-order valence-electron chi connectivity index (χ3n) is 13.6. The van der Waals surface area contributed by atoms with Crippen LogP contribution in [0.3, 0.4) is 0 Å². The van der Waals surface area contributed by atoms with E-state index in [1.54, 1.807) is 9.80 Å². The summed E-state index contributed by atoms with van der Waals surface area (Å²) in [5.41, 5.74) is 8.05. The lowest BCUT2D eigenvalue weighted by molar-refractivity contribution is -0.136. The lowest BCUT2D eigenvalue weighted by Gasteiger charge is -2.31. The van der Waals surface area contributed by atoms with Crippen LogP contribution in [0.1, 0.15) is 127 Å². The SMILES string of the molecule is CC(C)[C@H](NC(=O)O)C(=O)N1CCC[C@H]1c1nc(-c2ccc(C3C=CN(c4ccc(-c5c[nH]c([C@@H]6CCCN6C(=O)[C@@H](NC(=O)O)C(C)C)n5)cc4)C3c3ccc(C(C)(C)C)cc3)cc2)c[nH]1. The summed E-state index contributed by atoms with van der Waals surface area (Å²) < 4.78 is 0. The molecular formula is C52H63N9O6. The first kappa shape index (κ1) is 46.6. The number of hydrogen-bond donors (Lipinski definition) is 6. The number of hydrogen-bond acceptors (Lipinski definition) is 7. The standard InChI is InChI=1S/C52H63N9O6/c1-30(2)43(57-50(64)65)48(62)60-25-8-10-41(60)46-53-28-39(55-46)33-14-12-32(13-15-33)38-24-27-59(45(38)35-16-20-36(21-17-35)52(5,6)7)37-22-18-34(19-23-37)40-29-54-47(56-40)42-11-9-26-61(42)49(63)44(31(3)4)58-51(66)67/h12-24,27-31,38,41-45,57-58H,8-11,25-26H2,1-7H3,(H,53,55)(H,54,56)(H,64,65)(H,66,67)/t38?,41-,42-,43-,44-,45?/m0/s1. The van der Waals surface area contributed by atoms with E-state index in [0.717, 1.165) is 59.4 Å². The maximum atomic E-state index is 13.6. The molecule has 2 saturated heterocycles. The summed E-state index contributed by atoms with van der Waals surface area (Å²) in [6.45, 7) is 15.1. The van der Waals surface area contributed by atoms with E-state index in [2.05, 4.69) is 131 Å². The van der Waals surface area contributed by atoms with Crippen LogP contribution < -0.4 is 15.5 Å². The number of benzene rings is 3. The first-order valence-electron chi connectivity index (χ1n) is 23.5. The van der Waals surface area contributed by atoms with E-state index >= 15 is 0 Å². The van der Waals surface area contributed by atoms with Crippen molar-refractivity contribution in [2.75, 3.05) is 18.0 Å². The molecule has 0 radical (unpaired) electrons. The maximum absolute atomic E-state index is 13.6. The van der Waals surface area contributed by atoms with Gasteiger partial charge in [-0.05, 0) is 71.8 Å². The normalized spacial score (nSPS) is 20.5. The van der Waals surface area contributed by atoms with Crippen molar-refractivity contribution in [2.24, 2.45) is 11.8 Å². The number of anilines is 1. The van der Waals surface area contributed by atoms with Crippen LogP contribution in [0, 0.1) is 11.8 Å². The Labute approximate surface area is 392 Å². The zero-order valence-corrected chi connectivity index (χ0v) is 39.4. The summed E-state index contributed by atoms with van der Waals surface area (Å²) in [4.78, 5) is 72.5. The van der Waals surface area contributed by atoms with Gasteiger partial charge in [0.15, 0.2) is 0 Å². The number of carbonyl (C=O) groups excluding carboxylic acids is 2. The fourth-order valence-corrected chi connectivity index (χ4v) is 9.92. The molecule has 0 saturated carbocycles. The fraction of sp³-hybridized carbons (Fsp3) is 0.423. The molecule has 0 spiro atoms. The largest absolute Gasteiger partial charge is 0.465 e. The van der Waals surface area contributed by atoms with Crippen molar-refractivity contribution in [1.82, 2.24) is 40.4 Å². The quantitative estimate of drug-likeness (QED) is 0.0666. The Hall–Kier alpha value is -6.90. The highest BCUT2D eigenvalue weighted by molar-refractivity contribution is 5.87. The molecule has 6 N–H and O–H groups in total. The monoisotopic (exact) mass is 909 g/mol. The molecule has 5 aromatic rings.